The minimum absolute atomic E-state index is 0.0253. The number of ether oxygens (including phenoxy) is 1. The van der Waals surface area contributed by atoms with Crippen LogP contribution in [-0.4, -0.2) is 31.1 Å². The number of rotatable bonds is 4. The Bertz CT molecular complexity index is 693. The number of carboxylic acids is 1. The molecule has 2 rings (SSSR count). The van der Waals surface area contributed by atoms with Crippen molar-refractivity contribution in [3.63, 3.8) is 0 Å². The number of benzene rings is 1. The van der Waals surface area contributed by atoms with Gasteiger partial charge < -0.3 is 9.84 Å². The molecule has 1 aliphatic heterocycles. The van der Waals surface area contributed by atoms with E-state index in [9.17, 15) is 13.2 Å². The van der Waals surface area contributed by atoms with Crippen molar-refractivity contribution >= 4 is 32.5 Å². The minimum atomic E-state index is -3.97. The highest BCUT2D eigenvalue weighted by Crippen LogP contribution is 2.20. The zero-order chi connectivity index (χ0) is 14.0. The van der Waals surface area contributed by atoms with Crippen molar-refractivity contribution in [3.05, 3.63) is 40.4 Å². The Morgan fingerprint density at radius 1 is 1.42 bits per heavy atom. The van der Waals surface area contributed by atoms with Gasteiger partial charge in [-0.1, -0.05) is 17.7 Å². The van der Waals surface area contributed by atoms with Gasteiger partial charge in [0.2, 0.25) is 14.9 Å². The number of sulfone groups is 1. The number of carbonyl (C=O) groups is 1. The van der Waals surface area contributed by atoms with Crippen LogP contribution in [0.2, 0.25) is 5.02 Å². The molecule has 8 heteroatoms. The normalized spacial score (nSPS) is 16.7. The Morgan fingerprint density at radius 2 is 2.16 bits per heavy atom. The molecule has 1 heterocycles. The van der Waals surface area contributed by atoms with Crippen LogP contribution < -0.4 is 4.74 Å². The molecule has 0 radical (unpaired) electrons. The van der Waals surface area contributed by atoms with Crippen molar-refractivity contribution in [1.82, 2.24) is 0 Å². The van der Waals surface area contributed by atoms with Gasteiger partial charge in [0, 0.05) is 5.02 Å². The summed E-state index contributed by atoms with van der Waals surface area (Å²) in [6, 6.07) is 6.52. The number of hydrogen-bond donors (Lipinski definition) is 1. The molecule has 0 atom stereocenters. The van der Waals surface area contributed by atoms with E-state index in [0.717, 1.165) is 5.41 Å². The van der Waals surface area contributed by atoms with Crippen molar-refractivity contribution in [3.8, 4) is 5.75 Å². The molecular weight excluding hydrogens is 294 g/mol. The Hall–Kier alpha value is -1.86. The summed E-state index contributed by atoms with van der Waals surface area (Å²) in [5.74, 6) is -1.15. The monoisotopic (exact) mass is 301 g/mol. The van der Waals surface area contributed by atoms with E-state index >= 15 is 0 Å². The fraction of sp³-hybridized carbons (Fsp3) is 0.0909. The molecule has 0 aromatic heterocycles. The molecule has 0 aliphatic carbocycles. The lowest BCUT2D eigenvalue weighted by Gasteiger charge is -2.04. The van der Waals surface area contributed by atoms with Crippen LogP contribution in [0.1, 0.15) is 0 Å². The molecule has 0 bridgehead atoms. The molecule has 100 valence electrons. The first-order valence-electron chi connectivity index (χ1n) is 5.04. The van der Waals surface area contributed by atoms with Crippen LogP contribution in [0.4, 0.5) is 0 Å². The zero-order valence-corrected chi connectivity index (χ0v) is 11.0. The second kappa shape index (κ2) is 5.02. The quantitative estimate of drug-likeness (QED) is 0.909. The number of aliphatic imine (C=N–C) groups is 1. The predicted molar refractivity (Wildman–Crippen MR) is 69.0 cm³/mol. The molecule has 1 aliphatic rings. The van der Waals surface area contributed by atoms with E-state index in [0.29, 0.717) is 10.8 Å². The average molecular weight is 302 g/mol. The molecule has 1 N–H and O–H groups in total. The van der Waals surface area contributed by atoms with Crippen LogP contribution in [0.15, 0.2) is 40.4 Å². The van der Waals surface area contributed by atoms with E-state index < -0.39 is 20.9 Å². The first-order chi connectivity index (χ1) is 8.88. The summed E-state index contributed by atoms with van der Waals surface area (Å²) in [5, 5.41) is 9.05. The summed E-state index contributed by atoms with van der Waals surface area (Å²) in [6.45, 7) is -0.156. The lowest BCUT2D eigenvalue weighted by Crippen LogP contribution is -2.19. The zero-order valence-electron chi connectivity index (χ0n) is 9.41. The van der Waals surface area contributed by atoms with E-state index in [-0.39, 0.29) is 12.3 Å². The Morgan fingerprint density at radius 3 is 2.74 bits per heavy atom. The van der Waals surface area contributed by atoms with Crippen molar-refractivity contribution in [2.24, 2.45) is 4.99 Å². The maximum atomic E-state index is 11.4. The summed E-state index contributed by atoms with van der Waals surface area (Å²) >= 11 is 5.75. The van der Waals surface area contributed by atoms with Crippen LogP contribution in [0.25, 0.3) is 0 Å². The van der Waals surface area contributed by atoms with Crippen molar-refractivity contribution < 1.29 is 23.1 Å². The summed E-state index contributed by atoms with van der Waals surface area (Å²) < 4.78 is 28.1. The highest BCUT2D eigenvalue weighted by Gasteiger charge is 2.31. The second-order valence-corrected chi connectivity index (χ2v) is 5.77. The number of hydrogen-bond acceptors (Lipinski definition) is 5. The largest absolute Gasteiger partial charge is 0.487 e. The highest BCUT2D eigenvalue weighted by atomic mass is 35.5. The molecule has 0 fully saturated rings. The summed E-state index contributed by atoms with van der Waals surface area (Å²) in [7, 11) is -3.97. The van der Waals surface area contributed by atoms with Crippen LogP contribution >= 0.6 is 11.6 Å². The SMILES string of the molecule is O=C(O)C1=NC(COc2cccc(Cl)c2)=CS1(=O)=O. The van der Waals surface area contributed by atoms with E-state index in [4.69, 9.17) is 21.4 Å². The summed E-state index contributed by atoms with van der Waals surface area (Å²) in [4.78, 5) is 14.2. The average Bonchev–Trinajstić information content (AvgIpc) is 2.62. The maximum Gasteiger partial charge on any atom is 0.366 e. The third-order valence-electron chi connectivity index (χ3n) is 2.17. The lowest BCUT2D eigenvalue weighted by molar-refractivity contribution is -0.129. The number of aliphatic carboxylic acids is 1. The second-order valence-electron chi connectivity index (χ2n) is 3.62. The molecule has 0 amide bonds. The molecule has 1 aromatic rings. The van der Waals surface area contributed by atoms with Gasteiger partial charge in [0.15, 0.2) is 0 Å². The number of nitrogens with zero attached hydrogens (tertiary/aromatic N) is 1. The fourth-order valence-corrected chi connectivity index (χ4v) is 2.66. The molecule has 1 aromatic carbocycles. The van der Waals surface area contributed by atoms with Gasteiger partial charge in [-0.3, -0.25) is 0 Å². The van der Waals surface area contributed by atoms with Gasteiger partial charge in [0.1, 0.15) is 12.4 Å². The third kappa shape index (κ3) is 3.12. The van der Waals surface area contributed by atoms with Crippen LogP contribution in [0, 0.1) is 0 Å². The van der Waals surface area contributed by atoms with E-state index in [1.54, 1.807) is 24.3 Å². The van der Waals surface area contributed by atoms with Gasteiger partial charge in [-0.05, 0) is 18.2 Å². The summed E-state index contributed by atoms with van der Waals surface area (Å²) in [5.41, 5.74) is 0.0253. The predicted octanol–water partition coefficient (Wildman–Crippen LogP) is 1.47. The molecule has 19 heavy (non-hydrogen) atoms. The molecule has 0 saturated carbocycles. The van der Waals surface area contributed by atoms with Crippen LogP contribution in [0.5, 0.6) is 5.75 Å². The molecule has 0 unspecified atom stereocenters. The Balaban J connectivity index is 2.12. The smallest absolute Gasteiger partial charge is 0.366 e. The van der Waals surface area contributed by atoms with Crippen LogP contribution in [-0.2, 0) is 14.6 Å². The Labute approximate surface area is 113 Å². The lowest BCUT2D eigenvalue weighted by atomic mass is 10.3. The summed E-state index contributed by atoms with van der Waals surface area (Å²) in [6.07, 6.45) is 0. The molecule has 0 spiro atoms. The Kier molecular flexibility index (Phi) is 3.59. The van der Waals surface area contributed by atoms with Gasteiger partial charge in [0.25, 0.3) is 0 Å². The third-order valence-corrected chi connectivity index (χ3v) is 3.79. The maximum absolute atomic E-state index is 11.4. The number of carboxylic acid groups (broad SMARTS) is 1. The molecular formula is C11H8ClNO5S. The van der Waals surface area contributed by atoms with Gasteiger partial charge in [0.05, 0.1) is 11.1 Å². The van der Waals surface area contributed by atoms with Crippen molar-refractivity contribution in [2.45, 2.75) is 0 Å². The molecule has 6 nitrogen and oxygen atoms in total. The van der Waals surface area contributed by atoms with E-state index in [1.807, 2.05) is 0 Å². The van der Waals surface area contributed by atoms with Crippen LogP contribution in [0.3, 0.4) is 0 Å². The number of halogens is 1. The first-order valence-corrected chi connectivity index (χ1v) is 6.97. The first kappa shape index (κ1) is 13.6. The van der Waals surface area contributed by atoms with Crippen molar-refractivity contribution in [2.75, 3.05) is 6.61 Å². The van der Waals surface area contributed by atoms with E-state index in [2.05, 4.69) is 4.99 Å². The van der Waals surface area contributed by atoms with Gasteiger partial charge in [-0.2, -0.15) is 0 Å². The highest BCUT2D eigenvalue weighted by molar-refractivity contribution is 8.11. The van der Waals surface area contributed by atoms with Gasteiger partial charge in [-0.25, -0.2) is 18.2 Å². The standard InChI is InChI=1S/C11H8ClNO5S/c12-7-2-1-3-9(4-7)18-5-8-6-19(16,17)10(13-8)11(14)15/h1-4,6H,5H2,(H,14,15). The fourth-order valence-electron chi connectivity index (χ4n) is 1.41. The van der Waals surface area contributed by atoms with E-state index in [1.165, 1.54) is 0 Å². The van der Waals surface area contributed by atoms with Crippen molar-refractivity contribution in [1.29, 1.82) is 0 Å². The molecule has 0 saturated heterocycles. The van der Waals surface area contributed by atoms with Gasteiger partial charge in [-0.15, -0.1) is 0 Å². The minimum Gasteiger partial charge on any atom is -0.487 e. The van der Waals surface area contributed by atoms with Gasteiger partial charge >= 0.3 is 5.97 Å². The topological polar surface area (TPSA) is 93.0 Å².